The lowest BCUT2D eigenvalue weighted by Gasteiger charge is -2.16. The van der Waals surface area contributed by atoms with Crippen LogP contribution in [0.25, 0.3) is 0 Å². The van der Waals surface area contributed by atoms with E-state index in [0.717, 1.165) is 5.92 Å². The van der Waals surface area contributed by atoms with E-state index in [4.69, 9.17) is 0 Å². The van der Waals surface area contributed by atoms with Gasteiger partial charge in [0.15, 0.2) is 0 Å². The lowest BCUT2D eigenvalue weighted by Crippen LogP contribution is -2.25. The van der Waals surface area contributed by atoms with Gasteiger partial charge in [-0.3, -0.25) is 0 Å². The van der Waals surface area contributed by atoms with Gasteiger partial charge in [0.05, 0.1) is 0 Å². The Bertz CT molecular complexity index is 117. The van der Waals surface area contributed by atoms with Crippen molar-refractivity contribution in [3.8, 4) is 0 Å². The van der Waals surface area contributed by atoms with Crippen molar-refractivity contribution < 1.29 is 0 Å². The van der Waals surface area contributed by atoms with Crippen molar-refractivity contribution in [2.24, 2.45) is 5.92 Å². The number of hydrogen-bond acceptors (Lipinski definition) is 2. The first-order valence-electron chi connectivity index (χ1n) is 5.71. The first kappa shape index (κ1) is 11.0. The maximum atomic E-state index is 3.52. The van der Waals surface area contributed by atoms with Crippen LogP contribution < -0.4 is 10.6 Å². The van der Waals surface area contributed by atoms with E-state index in [1.807, 2.05) is 0 Å². The van der Waals surface area contributed by atoms with Crippen molar-refractivity contribution >= 4 is 0 Å². The third kappa shape index (κ3) is 4.63. The molecule has 2 atom stereocenters. The summed E-state index contributed by atoms with van der Waals surface area (Å²) in [5.41, 5.74) is 0. The molecule has 0 saturated carbocycles. The molecule has 13 heavy (non-hydrogen) atoms. The second kappa shape index (κ2) is 6.39. The molecule has 2 unspecified atom stereocenters. The zero-order chi connectivity index (χ0) is 9.52. The molecule has 2 N–H and O–H groups in total. The summed E-state index contributed by atoms with van der Waals surface area (Å²) >= 11 is 0. The standard InChI is InChI=1S/C11H24N2/c1-10(12-2)6-7-11-5-3-4-8-13-9-11/h10-13H,3-9H2,1-2H3. The average molecular weight is 184 g/mol. The van der Waals surface area contributed by atoms with Gasteiger partial charge in [0.1, 0.15) is 0 Å². The highest BCUT2D eigenvalue weighted by molar-refractivity contribution is 4.69. The number of rotatable bonds is 4. The van der Waals surface area contributed by atoms with Crippen LogP contribution in [0.15, 0.2) is 0 Å². The van der Waals surface area contributed by atoms with Crippen molar-refractivity contribution in [3.05, 3.63) is 0 Å². The Morgan fingerprint density at radius 2 is 2.31 bits per heavy atom. The molecule has 1 fully saturated rings. The Kier molecular flexibility index (Phi) is 5.40. The quantitative estimate of drug-likeness (QED) is 0.696. The first-order valence-corrected chi connectivity index (χ1v) is 5.71. The third-order valence-electron chi connectivity index (χ3n) is 3.15. The molecule has 0 aliphatic carbocycles. The summed E-state index contributed by atoms with van der Waals surface area (Å²) in [5, 5.41) is 6.82. The van der Waals surface area contributed by atoms with Gasteiger partial charge in [-0.25, -0.2) is 0 Å². The van der Waals surface area contributed by atoms with Crippen LogP contribution in [0.2, 0.25) is 0 Å². The minimum Gasteiger partial charge on any atom is -0.317 e. The molecule has 0 spiro atoms. The summed E-state index contributed by atoms with van der Waals surface area (Å²) in [6.07, 6.45) is 6.94. The second-order valence-corrected chi connectivity index (χ2v) is 4.33. The summed E-state index contributed by atoms with van der Waals surface area (Å²) in [5.74, 6) is 0.929. The molecule has 0 aromatic rings. The van der Waals surface area contributed by atoms with E-state index >= 15 is 0 Å². The topological polar surface area (TPSA) is 24.1 Å². The lowest BCUT2D eigenvalue weighted by atomic mass is 9.96. The molecule has 1 heterocycles. The maximum Gasteiger partial charge on any atom is 0.00358 e. The molecular formula is C11H24N2. The Labute approximate surface area is 82.5 Å². The van der Waals surface area contributed by atoms with E-state index in [9.17, 15) is 0 Å². The highest BCUT2D eigenvalue weighted by atomic mass is 14.9. The van der Waals surface area contributed by atoms with Gasteiger partial charge >= 0.3 is 0 Å². The van der Waals surface area contributed by atoms with E-state index in [-0.39, 0.29) is 0 Å². The zero-order valence-corrected chi connectivity index (χ0v) is 9.10. The predicted octanol–water partition coefficient (Wildman–Crippen LogP) is 1.76. The van der Waals surface area contributed by atoms with Crippen molar-refractivity contribution in [1.82, 2.24) is 10.6 Å². The van der Waals surface area contributed by atoms with E-state index < -0.39 is 0 Å². The summed E-state index contributed by atoms with van der Waals surface area (Å²) in [4.78, 5) is 0. The molecule has 1 saturated heterocycles. The fraction of sp³-hybridized carbons (Fsp3) is 1.00. The number of nitrogens with one attached hydrogen (secondary N) is 2. The van der Waals surface area contributed by atoms with E-state index in [1.54, 1.807) is 0 Å². The number of hydrogen-bond donors (Lipinski definition) is 2. The first-order chi connectivity index (χ1) is 6.33. The molecule has 0 aromatic carbocycles. The van der Waals surface area contributed by atoms with Crippen molar-refractivity contribution in [3.63, 3.8) is 0 Å². The second-order valence-electron chi connectivity index (χ2n) is 4.33. The molecule has 0 radical (unpaired) electrons. The predicted molar refractivity (Wildman–Crippen MR) is 58.0 cm³/mol. The summed E-state index contributed by atoms with van der Waals surface area (Å²) in [6, 6.07) is 0.684. The van der Waals surface area contributed by atoms with Gasteiger partial charge in [-0.1, -0.05) is 6.42 Å². The molecule has 0 amide bonds. The van der Waals surface area contributed by atoms with Crippen LogP contribution in [-0.4, -0.2) is 26.2 Å². The van der Waals surface area contributed by atoms with Gasteiger partial charge in [-0.05, 0) is 58.7 Å². The Morgan fingerprint density at radius 3 is 3.08 bits per heavy atom. The molecular weight excluding hydrogens is 160 g/mol. The maximum absolute atomic E-state index is 3.52. The van der Waals surface area contributed by atoms with E-state index in [2.05, 4.69) is 24.6 Å². The molecule has 78 valence electrons. The van der Waals surface area contributed by atoms with Crippen molar-refractivity contribution in [1.29, 1.82) is 0 Å². The van der Waals surface area contributed by atoms with E-state index in [0.29, 0.717) is 6.04 Å². The monoisotopic (exact) mass is 184 g/mol. The summed E-state index contributed by atoms with van der Waals surface area (Å²) < 4.78 is 0. The SMILES string of the molecule is CNC(C)CCC1CCCCNC1. The molecule has 1 aliphatic rings. The molecule has 1 aliphatic heterocycles. The molecule has 2 heteroatoms. The molecule has 0 aromatic heterocycles. The van der Waals surface area contributed by atoms with Gasteiger partial charge in [0, 0.05) is 6.04 Å². The van der Waals surface area contributed by atoms with Crippen LogP contribution in [0.3, 0.4) is 0 Å². The van der Waals surface area contributed by atoms with Gasteiger partial charge in [0.25, 0.3) is 0 Å². The van der Waals surface area contributed by atoms with Crippen LogP contribution in [0.1, 0.15) is 39.0 Å². The summed E-state index contributed by atoms with van der Waals surface area (Å²) in [7, 11) is 2.05. The smallest absolute Gasteiger partial charge is 0.00358 e. The Balaban J connectivity index is 2.11. The minimum atomic E-state index is 0.684. The van der Waals surface area contributed by atoms with Gasteiger partial charge in [-0.15, -0.1) is 0 Å². The normalized spacial score (nSPS) is 26.8. The fourth-order valence-electron chi connectivity index (χ4n) is 1.97. The van der Waals surface area contributed by atoms with Crippen LogP contribution in [0.5, 0.6) is 0 Å². The van der Waals surface area contributed by atoms with Gasteiger partial charge in [-0.2, -0.15) is 0 Å². The Hall–Kier alpha value is -0.0800. The third-order valence-corrected chi connectivity index (χ3v) is 3.15. The fourth-order valence-corrected chi connectivity index (χ4v) is 1.97. The summed E-state index contributed by atoms with van der Waals surface area (Å²) in [6.45, 7) is 4.75. The van der Waals surface area contributed by atoms with E-state index in [1.165, 1.54) is 45.2 Å². The lowest BCUT2D eigenvalue weighted by molar-refractivity contribution is 0.402. The van der Waals surface area contributed by atoms with Crippen molar-refractivity contribution in [2.75, 3.05) is 20.1 Å². The van der Waals surface area contributed by atoms with Gasteiger partial charge < -0.3 is 10.6 Å². The highest BCUT2D eigenvalue weighted by Gasteiger charge is 2.12. The largest absolute Gasteiger partial charge is 0.317 e. The van der Waals surface area contributed by atoms with Crippen LogP contribution >= 0.6 is 0 Å². The highest BCUT2D eigenvalue weighted by Crippen LogP contribution is 2.17. The average Bonchev–Trinajstić information content (AvgIpc) is 2.42. The molecule has 0 bridgehead atoms. The van der Waals surface area contributed by atoms with Gasteiger partial charge in [0.2, 0.25) is 0 Å². The molecule has 2 nitrogen and oxygen atoms in total. The van der Waals surface area contributed by atoms with Crippen LogP contribution in [-0.2, 0) is 0 Å². The zero-order valence-electron chi connectivity index (χ0n) is 9.10. The Morgan fingerprint density at radius 1 is 1.46 bits per heavy atom. The van der Waals surface area contributed by atoms with Crippen molar-refractivity contribution in [2.45, 2.75) is 45.1 Å². The molecule has 1 rings (SSSR count). The van der Waals surface area contributed by atoms with Crippen LogP contribution in [0, 0.1) is 5.92 Å². The minimum absolute atomic E-state index is 0.684. The van der Waals surface area contributed by atoms with Crippen LogP contribution in [0.4, 0.5) is 0 Å².